The number of aliphatic hydroxyl groups is 1. The Labute approximate surface area is 177 Å². The van der Waals surface area contributed by atoms with Gasteiger partial charge in [-0.05, 0) is 70.1 Å². The van der Waals surface area contributed by atoms with Crippen LogP contribution in [-0.4, -0.2) is 58.0 Å². The van der Waals surface area contributed by atoms with Crippen LogP contribution in [0.4, 0.5) is 5.95 Å². The van der Waals surface area contributed by atoms with Gasteiger partial charge in [0, 0.05) is 18.8 Å². The monoisotopic (exact) mass is 416 g/mol. The molecule has 2 unspecified atom stereocenters. The highest BCUT2D eigenvalue weighted by molar-refractivity contribution is 5.96. The summed E-state index contributed by atoms with van der Waals surface area (Å²) in [6.45, 7) is 5.19. The Morgan fingerprint density at radius 2 is 2.07 bits per heavy atom. The number of ether oxygens (including phenoxy) is 2. The van der Waals surface area contributed by atoms with E-state index in [0.29, 0.717) is 41.8 Å². The number of aromatic nitrogens is 2. The number of anilines is 1. The molecular formula is C22H32N4O4. The molecule has 5 fully saturated rings. The van der Waals surface area contributed by atoms with E-state index in [1.807, 2.05) is 13.8 Å². The smallest absolute Gasteiger partial charge is 0.258 e. The van der Waals surface area contributed by atoms with E-state index >= 15 is 0 Å². The molecule has 1 saturated heterocycles. The van der Waals surface area contributed by atoms with Crippen LogP contribution >= 0.6 is 0 Å². The van der Waals surface area contributed by atoms with Gasteiger partial charge in [0.15, 0.2) is 0 Å². The SMILES string of the molecule is CC(C)Oc1nc(N[C@@H]2CCOC2)ncc1C(=O)N[C@H]1C2CC3CC1C[C@@](O)(C3)C2. The van der Waals surface area contributed by atoms with Gasteiger partial charge >= 0.3 is 0 Å². The molecule has 30 heavy (non-hydrogen) atoms. The molecule has 8 heteroatoms. The zero-order valence-electron chi connectivity index (χ0n) is 17.8. The molecule has 3 atom stereocenters. The maximum atomic E-state index is 13.2. The van der Waals surface area contributed by atoms with Gasteiger partial charge < -0.3 is 25.2 Å². The van der Waals surface area contributed by atoms with E-state index < -0.39 is 5.60 Å². The first-order valence-electron chi connectivity index (χ1n) is 11.3. The van der Waals surface area contributed by atoms with Gasteiger partial charge in [0.25, 0.3) is 5.91 Å². The topological polar surface area (TPSA) is 106 Å². The van der Waals surface area contributed by atoms with E-state index in [0.717, 1.165) is 45.1 Å². The lowest BCUT2D eigenvalue weighted by molar-refractivity contribution is -0.136. The molecule has 1 amide bonds. The maximum Gasteiger partial charge on any atom is 0.258 e. The van der Waals surface area contributed by atoms with E-state index in [-0.39, 0.29) is 24.1 Å². The summed E-state index contributed by atoms with van der Waals surface area (Å²) in [6.07, 6.45) is 7.08. The summed E-state index contributed by atoms with van der Waals surface area (Å²) in [4.78, 5) is 22.1. The lowest BCUT2D eigenvalue weighted by Gasteiger charge is -2.58. The maximum absolute atomic E-state index is 13.2. The molecule has 0 spiro atoms. The highest BCUT2D eigenvalue weighted by Gasteiger charge is 2.55. The first-order valence-corrected chi connectivity index (χ1v) is 11.3. The Morgan fingerprint density at radius 3 is 2.70 bits per heavy atom. The number of rotatable bonds is 6. The number of nitrogens with one attached hydrogen (secondary N) is 2. The quantitative estimate of drug-likeness (QED) is 0.652. The lowest BCUT2D eigenvalue weighted by atomic mass is 9.52. The highest BCUT2D eigenvalue weighted by atomic mass is 16.5. The van der Waals surface area contributed by atoms with Crippen molar-refractivity contribution in [3.63, 3.8) is 0 Å². The van der Waals surface area contributed by atoms with Gasteiger partial charge in [0.1, 0.15) is 5.56 Å². The van der Waals surface area contributed by atoms with E-state index in [1.54, 1.807) is 6.20 Å². The Hall–Kier alpha value is -1.93. The summed E-state index contributed by atoms with van der Waals surface area (Å²) in [6, 6.07) is 0.282. The minimum atomic E-state index is -0.510. The van der Waals surface area contributed by atoms with Crippen LogP contribution in [0.15, 0.2) is 6.20 Å². The zero-order valence-corrected chi connectivity index (χ0v) is 17.8. The summed E-state index contributed by atoms with van der Waals surface area (Å²) in [7, 11) is 0. The molecule has 3 N–H and O–H groups in total. The van der Waals surface area contributed by atoms with Crippen molar-refractivity contribution in [3.05, 3.63) is 11.8 Å². The van der Waals surface area contributed by atoms with Crippen LogP contribution in [0.5, 0.6) is 5.88 Å². The fourth-order valence-electron chi connectivity index (χ4n) is 6.18. The largest absolute Gasteiger partial charge is 0.474 e. The average molecular weight is 417 g/mol. The molecule has 0 radical (unpaired) electrons. The molecule has 1 aromatic rings. The highest BCUT2D eigenvalue weighted by Crippen LogP contribution is 2.55. The third-order valence-electron chi connectivity index (χ3n) is 7.15. The van der Waals surface area contributed by atoms with Crippen LogP contribution in [0.3, 0.4) is 0 Å². The van der Waals surface area contributed by atoms with Crippen molar-refractivity contribution in [1.29, 1.82) is 0 Å². The number of carbonyl (C=O) groups excluding carboxylic acids is 1. The molecule has 5 aliphatic rings. The van der Waals surface area contributed by atoms with Crippen LogP contribution in [0.2, 0.25) is 0 Å². The Morgan fingerprint density at radius 1 is 1.30 bits per heavy atom. The molecule has 1 aliphatic heterocycles. The van der Waals surface area contributed by atoms with Gasteiger partial charge in [-0.2, -0.15) is 4.98 Å². The fourth-order valence-corrected chi connectivity index (χ4v) is 6.18. The minimum absolute atomic E-state index is 0.106. The number of amides is 1. The first-order chi connectivity index (χ1) is 14.4. The van der Waals surface area contributed by atoms with Gasteiger partial charge in [-0.25, -0.2) is 4.98 Å². The van der Waals surface area contributed by atoms with Crippen LogP contribution < -0.4 is 15.4 Å². The Bertz CT molecular complexity index is 794. The second kappa shape index (κ2) is 7.64. The van der Waals surface area contributed by atoms with Crippen LogP contribution in [-0.2, 0) is 4.74 Å². The second-order valence-electron chi connectivity index (χ2n) is 9.98. The molecule has 164 valence electrons. The van der Waals surface area contributed by atoms with Crippen molar-refractivity contribution < 1.29 is 19.4 Å². The van der Waals surface area contributed by atoms with Crippen LogP contribution in [0, 0.1) is 17.8 Å². The molecule has 2 heterocycles. The van der Waals surface area contributed by atoms with Gasteiger partial charge in [-0.1, -0.05) is 0 Å². The normalized spacial score (nSPS) is 36.9. The summed E-state index contributed by atoms with van der Waals surface area (Å²) >= 11 is 0. The third-order valence-corrected chi connectivity index (χ3v) is 7.15. The van der Waals surface area contributed by atoms with Gasteiger partial charge in [-0.15, -0.1) is 0 Å². The Balaban J connectivity index is 1.33. The summed E-state index contributed by atoms with van der Waals surface area (Å²) in [5.41, 5.74) is -0.145. The van der Waals surface area contributed by atoms with E-state index in [1.165, 1.54) is 0 Å². The van der Waals surface area contributed by atoms with Crippen molar-refractivity contribution in [2.75, 3.05) is 18.5 Å². The number of carbonyl (C=O) groups is 1. The van der Waals surface area contributed by atoms with Crippen molar-refractivity contribution in [1.82, 2.24) is 15.3 Å². The molecule has 6 rings (SSSR count). The molecular weight excluding hydrogens is 384 g/mol. The minimum Gasteiger partial charge on any atom is -0.474 e. The van der Waals surface area contributed by atoms with E-state index in [4.69, 9.17) is 9.47 Å². The predicted molar refractivity (Wildman–Crippen MR) is 110 cm³/mol. The number of hydrogen-bond acceptors (Lipinski definition) is 7. The van der Waals surface area contributed by atoms with Crippen molar-refractivity contribution in [2.45, 2.75) is 76.2 Å². The average Bonchev–Trinajstić information content (AvgIpc) is 3.16. The first kappa shape index (κ1) is 20.0. The molecule has 4 saturated carbocycles. The standard InChI is InChI=1S/C22H32N4O4/c1-12(2)30-20-17(10-23-21(26-20)24-16-3-4-29-11-16)19(27)25-18-14-5-13-6-15(18)9-22(28,7-13)8-14/h10,12-16,18,28H,3-9,11H2,1-2H3,(H,25,27)(H,23,24,26)/t13?,14?,15?,16-,18-,22+/m1/s1. The molecule has 1 aromatic heterocycles. The van der Waals surface area contributed by atoms with E-state index in [2.05, 4.69) is 20.6 Å². The fraction of sp³-hybridized carbons (Fsp3) is 0.773. The van der Waals surface area contributed by atoms with Gasteiger partial charge in [-0.3, -0.25) is 4.79 Å². The molecule has 4 bridgehead atoms. The van der Waals surface area contributed by atoms with Crippen molar-refractivity contribution in [3.8, 4) is 5.88 Å². The molecule has 8 nitrogen and oxygen atoms in total. The predicted octanol–water partition coefficient (Wildman–Crippen LogP) is 2.13. The second-order valence-corrected chi connectivity index (χ2v) is 9.98. The van der Waals surface area contributed by atoms with Gasteiger partial charge in [0.2, 0.25) is 11.8 Å². The van der Waals surface area contributed by atoms with Crippen molar-refractivity contribution in [2.24, 2.45) is 17.8 Å². The zero-order chi connectivity index (χ0) is 20.9. The van der Waals surface area contributed by atoms with Crippen LogP contribution in [0.1, 0.15) is 62.7 Å². The molecule has 0 aromatic carbocycles. The van der Waals surface area contributed by atoms with Gasteiger partial charge in [0.05, 0.1) is 24.4 Å². The summed E-state index contributed by atoms with van der Waals surface area (Å²) in [5, 5.41) is 17.3. The molecule has 4 aliphatic carbocycles. The third kappa shape index (κ3) is 3.87. The van der Waals surface area contributed by atoms with Crippen molar-refractivity contribution >= 4 is 11.9 Å². The van der Waals surface area contributed by atoms with Crippen LogP contribution in [0.25, 0.3) is 0 Å². The summed E-state index contributed by atoms with van der Waals surface area (Å²) in [5.74, 6) is 1.88. The Kier molecular flexibility index (Phi) is 5.09. The van der Waals surface area contributed by atoms with E-state index in [9.17, 15) is 9.90 Å². The summed E-state index contributed by atoms with van der Waals surface area (Å²) < 4.78 is 11.3. The number of nitrogens with zero attached hydrogens (tertiary/aromatic N) is 2. The lowest BCUT2D eigenvalue weighted by Crippen LogP contribution is -2.61. The number of hydrogen-bond donors (Lipinski definition) is 3.